The summed E-state index contributed by atoms with van der Waals surface area (Å²) in [7, 11) is 0. The van der Waals surface area contributed by atoms with E-state index in [1.807, 2.05) is 5.43 Å². The first-order valence-corrected chi connectivity index (χ1v) is 3.12. The summed E-state index contributed by atoms with van der Waals surface area (Å²) in [6, 6.07) is 0. The molecule has 0 bridgehead atoms. The van der Waals surface area contributed by atoms with Crippen LogP contribution in [0.3, 0.4) is 0 Å². The number of carbonyl (C=O) groups excluding carboxylic acids is 1. The molecule has 3 N–H and O–H groups in total. The van der Waals surface area contributed by atoms with Crippen LogP contribution < -0.4 is 11.3 Å². The van der Waals surface area contributed by atoms with Crippen LogP contribution in [0.4, 0.5) is 0 Å². The molecule has 0 aliphatic heterocycles. The molecule has 60 valence electrons. The molecule has 0 fully saturated rings. The molecule has 1 aromatic heterocycles. The molecule has 11 heavy (non-hydrogen) atoms. The highest BCUT2D eigenvalue weighted by atomic mass is 16.3. The zero-order valence-electron chi connectivity index (χ0n) is 6.13. The molecular weight excluding hydrogens is 146 g/mol. The van der Waals surface area contributed by atoms with Crippen molar-refractivity contribution in [3.8, 4) is 0 Å². The van der Waals surface area contributed by atoms with Crippen LogP contribution in [-0.4, -0.2) is 10.9 Å². The number of rotatable bonds is 2. The number of nitrogens with zero attached hydrogens (tertiary/aromatic N) is 1. The minimum Gasteiger partial charge on any atom is -0.449 e. The second-order valence-corrected chi connectivity index (χ2v) is 2.10. The highest BCUT2D eigenvalue weighted by molar-refractivity contribution is 5.77. The summed E-state index contributed by atoms with van der Waals surface area (Å²) in [6.07, 6.45) is 1.47. The molecule has 1 heterocycles. The van der Waals surface area contributed by atoms with Crippen molar-refractivity contribution < 1.29 is 9.21 Å². The minimum atomic E-state index is -0.276. The van der Waals surface area contributed by atoms with Crippen LogP contribution in [0.1, 0.15) is 11.5 Å². The van der Waals surface area contributed by atoms with Gasteiger partial charge in [-0.1, -0.05) is 0 Å². The van der Waals surface area contributed by atoms with Gasteiger partial charge in [0.15, 0.2) is 6.39 Å². The number of nitrogens with two attached hydrogens (primary N) is 1. The van der Waals surface area contributed by atoms with E-state index in [1.165, 1.54) is 6.39 Å². The first-order valence-electron chi connectivity index (χ1n) is 3.12. The van der Waals surface area contributed by atoms with Crippen molar-refractivity contribution in [1.29, 1.82) is 0 Å². The standard InChI is InChI=1S/C6H9N3O2/c1-4-5(8-3-11-4)2-6(10)9-7/h3H,2,7H2,1H3,(H,9,10). The van der Waals surface area contributed by atoms with Crippen LogP contribution in [-0.2, 0) is 11.2 Å². The second kappa shape index (κ2) is 3.16. The summed E-state index contributed by atoms with van der Waals surface area (Å²) in [5, 5.41) is 0. The average Bonchev–Trinajstić information content (AvgIpc) is 2.37. The molecule has 0 radical (unpaired) electrons. The zero-order chi connectivity index (χ0) is 8.27. The van der Waals surface area contributed by atoms with Crippen LogP contribution in [0.5, 0.6) is 0 Å². The lowest BCUT2D eigenvalue weighted by molar-refractivity contribution is -0.120. The Labute approximate surface area is 63.6 Å². The number of hydrogen-bond donors (Lipinski definition) is 2. The van der Waals surface area contributed by atoms with E-state index in [9.17, 15) is 4.79 Å². The quantitative estimate of drug-likeness (QED) is 0.343. The lowest BCUT2D eigenvalue weighted by Crippen LogP contribution is -2.31. The van der Waals surface area contributed by atoms with Gasteiger partial charge in [0.1, 0.15) is 5.76 Å². The van der Waals surface area contributed by atoms with Gasteiger partial charge in [0.25, 0.3) is 0 Å². The van der Waals surface area contributed by atoms with Gasteiger partial charge in [0.05, 0.1) is 12.1 Å². The second-order valence-electron chi connectivity index (χ2n) is 2.10. The third-order valence-corrected chi connectivity index (χ3v) is 1.33. The smallest absolute Gasteiger partial charge is 0.240 e. The number of aromatic nitrogens is 1. The normalized spacial score (nSPS) is 9.64. The number of nitrogens with one attached hydrogen (secondary N) is 1. The third kappa shape index (κ3) is 1.78. The number of hydrazine groups is 1. The maximum Gasteiger partial charge on any atom is 0.240 e. The Balaban J connectivity index is 2.64. The van der Waals surface area contributed by atoms with Gasteiger partial charge in [-0.3, -0.25) is 10.2 Å². The van der Waals surface area contributed by atoms with E-state index >= 15 is 0 Å². The largest absolute Gasteiger partial charge is 0.449 e. The van der Waals surface area contributed by atoms with Crippen LogP contribution in [0.25, 0.3) is 0 Å². The van der Waals surface area contributed by atoms with E-state index in [2.05, 4.69) is 4.98 Å². The molecule has 0 saturated carbocycles. The number of carbonyl (C=O) groups is 1. The summed E-state index contributed by atoms with van der Waals surface area (Å²) in [5.41, 5.74) is 2.63. The highest BCUT2D eigenvalue weighted by Gasteiger charge is 2.07. The topological polar surface area (TPSA) is 81.2 Å². The zero-order valence-corrected chi connectivity index (χ0v) is 6.13. The van der Waals surface area contributed by atoms with Gasteiger partial charge in [-0.25, -0.2) is 10.8 Å². The van der Waals surface area contributed by atoms with Crippen molar-refractivity contribution in [2.75, 3.05) is 0 Å². The number of amides is 1. The Morgan fingerprint density at radius 1 is 1.91 bits per heavy atom. The maximum atomic E-state index is 10.7. The van der Waals surface area contributed by atoms with Gasteiger partial charge in [0, 0.05) is 0 Å². The minimum absolute atomic E-state index is 0.166. The fraction of sp³-hybridized carbons (Fsp3) is 0.333. The fourth-order valence-corrected chi connectivity index (χ4v) is 0.701. The van der Waals surface area contributed by atoms with Crippen molar-refractivity contribution in [3.63, 3.8) is 0 Å². The molecular formula is C6H9N3O2. The van der Waals surface area contributed by atoms with Crippen molar-refractivity contribution in [1.82, 2.24) is 10.4 Å². The van der Waals surface area contributed by atoms with Gasteiger partial charge in [-0.2, -0.15) is 0 Å². The van der Waals surface area contributed by atoms with Gasteiger partial charge in [-0.15, -0.1) is 0 Å². The average molecular weight is 155 g/mol. The molecule has 0 atom stereocenters. The molecule has 0 aliphatic carbocycles. The Bertz CT molecular complexity index is 256. The molecule has 5 nitrogen and oxygen atoms in total. The summed E-state index contributed by atoms with van der Waals surface area (Å²) < 4.78 is 4.88. The summed E-state index contributed by atoms with van der Waals surface area (Å²) in [5.74, 6) is 5.25. The van der Waals surface area contributed by atoms with E-state index < -0.39 is 0 Å². The number of aryl methyl sites for hydroxylation is 1. The van der Waals surface area contributed by atoms with E-state index in [4.69, 9.17) is 10.3 Å². The number of hydrogen-bond acceptors (Lipinski definition) is 4. The van der Waals surface area contributed by atoms with E-state index in [0.717, 1.165) is 0 Å². The van der Waals surface area contributed by atoms with Crippen molar-refractivity contribution >= 4 is 5.91 Å². The number of oxazole rings is 1. The van der Waals surface area contributed by atoms with Crippen LogP contribution >= 0.6 is 0 Å². The summed E-state index contributed by atoms with van der Waals surface area (Å²) in [4.78, 5) is 14.5. The molecule has 0 unspecified atom stereocenters. The monoisotopic (exact) mass is 155 g/mol. The van der Waals surface area contributed by atoms with E-state index in [0.29, 0.717) is 11.5 Å². The fourth-order valence-electron chi connectivity index (χ4n) is 0.701. The Morgan fingerprint density at radius 3 is 3.09 bits per heavy atom. The third-order valence-electron chi connectivity index (χ3n) is 1.33. The van der Waals surface area contributed by atoms with Gasteiger partial charge in [0.2, 0.25) is 5.91 Å². The molecule has 1 amide bonds. The first kappa shape index (κ1) is 7.74. The Kier molecular flexibility index (Phi) is 2.22. The van der Waals surface area contributed by atoms with Gasteiger partial charge in [-0.05, 0) is 6.92 Å². The summed E-state index contributed by atoms with van der Waals surface area (Å²) >= 11 is 0. The van der Waals surface area contributed by atoms with Crippen molar-refractivity contribution in [3.05, 3.63) is 17.8 Å². The Hall–Kier alpha value is -1.36. The van der Waals surface area contributed by atoms with Crippen LogP contribution in [0, 0.1) is 6.92 Å². The molecule has 1 aromatic rings. The highest BCUT2D eigenvalue weighted by Crippen LogP contribution is 2.04. The van der Waals surface area contributed by atoms with Crippen molar-refractivity contribution in [2.24, 2.45) is 5.84 Å². The first-order chi connectivity index (χ1) is 5.24. The van der Waals surface area contributed by atoms with E-state index in [-0.39, 0.29) is 12.3 Å². The van der Waals surface area contributed by atoms with Crippen LogP contribution in [0.15, 0.2) is 10.8 Å². The molecule has 0 aliphatic rings. The predicted octanol–water partition coefficient (Wildman–Crippen LogP) is -0.485. The van der Waals surface area contributed by atoms with Crippen molar-refractivity contribution in [2.45, 2.75) is 13.3 Å². The lowest BCUT2D eigenvalue weighted by atomic mass is 10.3. The maximum absolute atomic E-state index is 10.7. The lowest BCUT2D eigenvalue weighted by Gasteiger charge is -1.94. The van der Waals surface area contributed by atoms with Gasteiger partial charge >= 0.3 is 0 Å². The molecule has 5 heteroatoms. The van der Waals surface area contributed by atoms with E-state index in [1.54, 1.807) is 6.92 Å². The van der Waals surface area contributed by atoms with Gasteiger partial charge < -0.3 is 4.42 Å². The predicted molar refractivity (Wildman–Crippen MR) is 37.3 cm³/mol. The SMILES string of the molecule is Cc1ocnc1CC(=O)NN. The molecule has 1 rings (SSSR count). The molecule has 0 aromatic carbocycles. The van der Waals surface area contributed by atoms with Crippen LogP contribution in [0.2, 0.25) is 0 Å². The summed E-state index contributed by atoms with van der Waals surface area (Å²) in [6.45, 7) is 1.74. The molecule has 0 spiro atoms. The Morgan fingerprint density at radius 2 is 2.64 bits per heavy atom. The molecule has 0 saturated heterocycles.